The Labute approximate surface area is 173 Å². The van der Waals surface area contributed by atoms with Gasteiger partial charge in [-0.3, -0.25) is 5.41 Å². The lowest BCUT2D eigenvalue weighted by atomic mass is 9.84. The molecule has 5 rings (SSSR count). The first-order valence-corrected chi connectivity index (χ1v) is 10.9. The summed E-state index contributed by atoms with van der Waals surface area (Å²) >= 11 is 0. The van der Waals surface area contributed by atoms with E-state index in [4.69, 9.17) is 10.1 Å². The highest BCUT2D eigenvalue weighted by Crippen LogP contribution is 2.48. The van der Waals surface area contributed by atoms with E-state index in [0.717, 1.165) is 43.0 Å². The van der Waals surface area contributed by atoms with Gasteiger partial charge in [-0.2, -0.15) is 0 Å². The largest absolute Gasteiger partial charge is 0.456 e. The van der Waals surface area contributed by atoms with Crippen molar-refractivity contribution in [3.63, 3.8) is 0 Å². The molecule has 0 radical (unpaired) electrons. The number of nitrogens with one attached hydrogen (secondary N) is 2. The predicted octanol–water partition coefficient (Wildman–Crippen LogP) is 5.18. The number of ether oxygens (including phenoxy) is 1. The van der Waals surface area contributed by atoms with Gasteiger partial charge >= 0.3 is 0 Å². The lowest BCUT2D eigenvalue weighted by Crippen LogP contribution is -2.35. The number of amidine groups is 1. The molecule has 0 amide bonds. The van der Waals surface area contributed by atoms with Gasteiger partial charge in [-0.25, -0.2) is 0 Å². The molecule has 2 aromatic carbocycles. The third kappa shape index (κ3) is 3.16. The monoisotopic (exact) mass is 387 g/mol. The van der Waals surface area contributed by atoms with Crippen molar-refractivity contribution in [2.45, 2.75) is 51.6 Å². The van der Waals surface area contributed by atoms with Gasteiger partial charge in [0.25, 0.3) is 0 Å². The van der Waals surface area contributed by atoms with Crippen LogP contribution in [0.4, 0.5) is 0 Å². The predicted molar refractivity (Wildman–Crippen MR) is 118 cm³/mol. The van der Waals surface area contributed by atoms with Crippen LogP contribution in [0.25, 0.3) is 5.57 Å². The van der Waals surface area contributed by atoms with E-state index in [1.165, 1.54) is 29.5 Å². The van der Waals surface area contributed by atoms with E-state index in [1.807, 2.05) is 6.07 Å². The number of nitrogens with zero attached hydrogens (tertiary/aromatic N) is 1. The Morgan fingerprint density at radius 3 is 2.41 bits per heavy atom. The summed E-state index contributed by atoms with van der Waals surface area (Å²) in [5.41, 5.74) is 6.22. The van der Waals surface area contributed by atoms with Crippen LogP contribution in [0.15, 0.2) is 48.0 Å². The van der Waals surface area contributed by atoms with Crippen LogP contribution >= 0.6 is 0 Å². The van der Waals surface area contributed by atoms with E-state index in [2.05, 4.69) is 60.5 Å². The quantitative estimate of drug-likeness (QED) is 0.481. The molecule has 29 heavy (non-hydrogen) atoms. The second kappa shape index (κ2) is 7.34. The zero-order valence-corrected chi connectivity index (χ0v) is 17.3. The van der Waals surface area contributed by atoms with Crippen molar-refractivity contribution in [3.05, 3.63) is 64.7 Å². The molecule has 3 aliphatic rings. The molecular formula is C25H29N3O. The SMILES string of the molecule is CCN(CC)C(=N)c1ccc2c(c1)Oc1ccccc1C2=C1CC2CCC(C1)N2. The molecule has 0 spiro atoms. The summed E-state index contributed by atoms with van der Waals surface area (Å²) < 4.78 is 6.34. The first-order chi connectivity index (χ1) is 14.2. The van der Waals surface area contributed by atoms with Gasteiger partial charge < -0.3 is 15.0 Å². The molecule has 3 aliphatic heterocycles. The Bertz CT molecular complexity index is 975. The highest BCUT2D eigenvalue weighted by atomic mass is 16.5. The van der Waals surface area contributed by atoms with Crippen molar-refractivity contribution in [2.75, 3.05) is 13.1 Å². The summed E-state index contributed by atoms with van der Waals surface area (Å²) in [4.78, 5) is 2.07. The highest BCUT2D eigenvalue weighted by molar-refractivity contribution is 5.98. The van der Waals surface area contributed by atoms with Gasteiger partial charge in [-0.15, -0.1) is 0 Å². The van der Waals surface area contributed by atoms with Crippen molar-refractivity contribution in [3.8, 4) is 11.5 Å². The molecule has 2 fully saturated rings. The standard InChI is InChI=1S/C25H29N3O/c1-3-28(4-2)25(26)16-9-12-21-23(15-16)29-22-8-6-5-7-20(22)24(21)17-13-18-10-11-19(14-17)27-18/h5-9,12,15,18-19,26-27H,3-4,10-11,13-14H2,1-2H3. The van der Waals surface area contributed by atoms with Crippen molar-refractivity contribution in [2.24, 2.45) is 0 Å². The third-order valence-corrected chi connectivity index (χ3v) is 6.65. The molecule has 2 unspecified atom stereocenters. The maximum atomic E-state index is 8.61. The van der Waals surface area contributed by atoms with E-state index in [1.54, 1.807) is 5.57 Å². The maximum Gasteiger partial charge on any atom is 0.136 e. The summed E-state index contributed by atoms with van der Waals surface area (Å²) in [7, 11) is 0. The van der Waals surface area contributed by atoms with Crippen LogP contribution in [0.5, 0.6) is 11.5 Å². The number of piperidine rings is 1. The summed E-state index contributed by atoms with van der Waals surface area (Å²) in [5, 5.41) is 12.4. The van der Waals surface area contributed by atoms with Crippen LogP contribution in [0.3, 0.4) is 0 Å². The molecule has 2 saturated heterocycles. The van der Waals surface area contributed by atoms with Crippen LogP contribution < -0.4 is 10.1 Å². The summed E-state index contributed by atoms with van der Waals surface area (Å²) in [6, 6.07) is 16.0. The average molecular weight is 388 g/mol. The van der Waals surface area contributed by atoms with Gasteiger partial charge in [0.1, 0.15) is 17.3 Å². The van der Waals surface area contributed by atoms with Gasteiger partial charge in [0, 0.05) is 41.9 Å². The van der Waals surface area contributed by atoms with Crippen molar-refractivity contribution in [1.29, 1.82) is 5.41 Å². The van der Waals surface area contributed by atoms with E-state index in [0.29, 0.717) is 17.9 Å². The second-order valence-electron chi connectivity index (χ2n) is 8.35. The van der Waals surface area contributed by atoms with Gasteiger partial charge in [0.15, 0.2) is 0 Å². The van der Waals surface area contributed by atoms with Gasteiger partial charge in [-0.05, 0) is 63.3 Å². The molecule has 4 heteroatoms. The summed E-state index contributed by atoms with van der Waals surface area (Å²) in [6.45, 7) is 5.86. The summed E-state index contributed by atoms with van der Waals surface area (Å²) in [5.74, 6) is 2.38. The molecule has 2 bridgehead atoms. The molecule has 150 valence electrons. The Balaban J connectivity index is 1.62. The second-order valence-corrected chi connectivity index (χ2v) is 8.35. The van der Waals surface area contributed by atoms with Crippen molar-refractivity contribution >= 4 is 11.4 Å². The topological polar surface area (TPSA) is 48.4 Å². The number of hydrogen-bond acceptors (Lipinski definition) is 3. The number of fused-ring (bicyclic) bond motifs is 4. The van der Waals surface area contributed by atoms with E-state index >= 15 is 0 Å². The van der Waals surface area contributed by atoms with E-state index in [-0.39, 0.29) is 0 Å². The molecule has 2 N–H and O–H groups in total. The summed E-state index contributed by atoms with van der Waals surface area (Å²) in [6.07, 6.45) is 4.81. The third-order valence-electron chi connectivity index (χ3n) is 6.65. The van der Waals surface area contributed by atoms with Crippen LogP contribution in [-0.2, 0) is 0 Å². The van der Waals surface area contributed by atoms with Gasteiger partial charge in [0.2, 0.25) is 0 Å². The van der Waals surface area contributed by atoms with Crippen LogP contribution in [-0.4, -0.2) is 35.9 Å². The minimum absolute atomic E-state index is 0.564. The number of para-hydroxylation sites is 1. The molecule has 4 nitrogen and oxygen atoms in total. The molecule has 0 saturated carbocycles. The maximum absolute atomic E-state index is 8.61. The Hall–Kier alpha value is -2.59. The lowest BCUT2D eigenvalue weighted by molar-refractivity contribution is 0.459. The number of benzene rings is 2. The van der Waals surface area contributed by atoms with Crippen LogP contribution in [0, 0.1) is 5.41 Å². The lowest BCUT2D eigenvalue weighted by Gasteiger charge is -2.31. The fourth-order valence-corrected chi connectivity index (χ4v) is 5.20. The Morgan fingerprint density at radius 1 is 1.00 bits per heavy atom. The zero-order chi connectivity index (χ0) is 20.0. The zero-order valence-electron chi connectivity index (χ0n) is 17.3. The molecular weight excluding hydrogens is 358 g/mol. The van der Waals surface area contributed by atoms with Crippen LogP contribution in [0.2, 0.25) is 0 Å². The molecule has 0 aliphatic carbocycles. The molecule has 2 atom stereocenters. The fraction of sp³-hybridized carbons (Fsp3) is 0.400. The average Bonchev–Trinajstić information content (AvgIpc) is 3.09. The first-order valence-electron chi connectivity index (χ1n) is 10.9. The Morgan fingerprint density at radius 2 is 1.69 bits per heavy atom. The molecule has 3 heterocycles. The van der Waals surface area contributed by atoms with E-state index < -0.39 is 0 Å². The normalized spacial score (nSPS) is 22.0. The minimum atomic E-state index is 0.564. The number of rotatable bonds is 3. The highest BCUT2D eigenvalue weighted by Gasteiger charge is 2.34. The molecule has 0 aromatic heterocycles. The van der Waals surface area contributed by atoms with E-state index in [9.17, 15) is 0 Å². The minimum Gasteiger partial charge on any atom is -0.456 e. The van der Waals surface area contributed by atoms with Gasteiger partial charge in [0.05, 0.1) is 0 Å². The molecule has 2 aromatic rings. The Kier molecular flexibility index (Phi) is 4.67. The smallest absolute Gasteiger partial charge is 0.136 e. The number of hydrogen-bond donors (Lipinski definition) is 2. The van der Waals surface area contributed by atoms with Crippen molar-refractivity contribution in [1.82, 2.24) is 10.2 Å². The first kappa shape index (κ1) is 18.4. The van der Waals surface area contributed by atoms with Crippen LogP contribution in [0.1, 0.15) is 56.2 Å². The van der Waals surface area contributed by atoms with Crippen molar-refractivity contribution < 1.29 is 4.74 Å². The fourth-order valence-electron chi connectivity index (χ4n) is 5.20. The van der Waals surface area contributed by atoms with Gasteiger partial charge in [-0.1, -0.05) is 29.8 Å².